The molecular formula is C10H5ClN2OS2. The van der Waals surface area contributed by atoms with Gasteiger partial charge in [0, 0.05) is 11.6 Å². The highest BCUT2D eigenvalue weighted by Crippen LogP contribution is 2.32. The maximum Gasteiger partial charge on any atom is 0.194 e. The van der Waals surface area contributed by atoms with Crippen LogP contribution in [0.5, 0.6) is 0 Å². The number of nitrogens with zero attached hydrogens (tertiary/aromatic N) is 2. The lowest BCUT2D eigenvalue weighted by Crippen LogP contribution is -1.73. The number of aromatic nitrogens is 2. The Labute approximate surface area is 104 Å². The van der Waals surface area contributed by atoms with Crippen LogP contribution < -0.4 is 0 Å². The average molecular weight is 269 g/mol. The van der Waals surface area contributed by atoms with E-state index in [9.17, 15) is 0 Å². The minimum Gasteiger partial charge on any atom is -0.443 e. The van der Waals surface area contributed by atoms with Crippen molar-refractivity contribution in [1.82, 2.24) is 9.97 Å². The summed E-state index contributed by atoms with van der Waals surface area (Å²) in [5.41, 5.74) is 2.60. The van der Waals surface area contributed by atoms with Crippen LogP contribution in [0.2, 0.25) is 5.22 Å². The molecule has 0 spiro atoms. The van der Waals surface area contributed by atoms with Crippen molar-refractivity contribution < 1.29 is 4.42 Å². The summed E-state index contributed by atoms with van der Waals surface area (Å²) in [6.07, 6.45) is 1.81. The first-order valence-corrected chi connectivity index (χ1v) is 6.57. The predicted octanol–water partition coefficient (Wildman–Crippen LogP) is 4.18. The van der Waals surface area contributed by atoms with Crippen LogP contribution in [0, 0.1) is 0 Å². The third-order valence-electron chi connectivity index (χ3n) is 1.97. The predicted molar refractivity (Wildman–Crippen MR) is 65.9 cm³/mol. The highest BCUT2D eigenvalue weighted by atomic mass is 35.5. The second-order valence-corrected chi connectivity index (χ2v) is 5.12. The first-order valence-electron chi connectivity index (χ1n) is 4.43. The summed E-state index contributed by atoms with van der Waals surface area (Å²) in [6.45, 7) is 0. The van der Waals surface area contributed by atoms with E-state index in [1.54, 1.807) is 34.3 Å². The van der Waals surface area contributed by atoms with Crippen LogP contribution in [-0.4, -0.2) is 9.97 Å². The SMILES string of the molecule is Clc1ccc(-c2csc(-c3cncs3)n2)o1. The number of hydrogen-bond acceptors (Lipinski definition) is 5. The summed E-state index contributed by atoms with van der Waals surface area (Å²) in [6, 6.07) is 3.52. The summed E-state index contributed by atoms with van der Waals surface area (Å²) in [5.74, 6) is 0.692. The van der Waals surface area contributed by atoms with Crippen molar-refractivity contribution in [2.45, 2.75) is 0 Å². The molecule has 0 N–H and O–H groups in total. The van der Waals surface area contributed by atoms with Crippen molar-refractivity contribution in [1.29, 1.82) is 0 Å². The maximum atomic E-state index is 5.72. The summed E-state index contributed by atoms with van der Waals surface area (Å²) in [5, 5.41) is 3.27. The molecule has 0 bridgehead atoms. The van der Waals surface area contributed by atoms with Gasteiger partial charge in [0.05, 0.1) is 10.4 Å². The lowest BCUT2D eigenvalue weighted by Gasteiger charge is -1.88. The van der Waals surface area contributed by atoms with Crippen LogP contribution in [0.1, 0.15) is 0 Å². The molecule has 0 radical (unpaired) electrons. The normalized spacial score (nSPS) is 10.8. The van der Waals surface area contributed by atoms with Crippen LogP contribution in [0.25, 0.3) is 21.3 Å². The van der Waals surface area contributed by atoms with Gasteiger partial charge in [-0.25, -0.2) is 4.98 Å². The van der Waals surface area contributed by atoms with Gasteiger partial charge < -0.3 is 4.42 Å². The maximum absolute atomic E-state index is 5.72. The van der Waals surface area contributed by atoms with Gasteiger partial charge >= 0.3 is 0 Å². The second-order valence-electron chi connectivity index (χ2n) is 3.01. The monoisotopic (exact) mass is 268 g/mol. The topological polar surface area (TPSA) is 38.9 Å². The molecule has 3 heterocycles. The van der Waals surface area contributed by atoms with Gasteiger partial charge in [0.25, 0.3) is 0 Å². The van der Waals surface area contributed by atoms with E-state index >= 15 is 0 Å². The molecule has 3 aromatic rings. The minimum atomic E-state index is 0.377. The van der Waals surface area contributed by atoms with Crippen LogP contribution in [0.3, 0.4) is 0 Å². The number of hydrogen-bond donors (Lipinski definition) is 0. The summed E-state index contributed by atoms with van der Waals surface area (Å²) < 4.78 is 5.30. The minimum absolute atomic E-state index is 0.377. The molecule has 0 unspecified atom stereocenters. The Morgan fingerprint density at radius 1 is 1.25 bits per heavy atom. The molecule has 0 fully saturated rings. The van der Waals surface area contributed by atoms with Crippen LogP contribution in [0.15, 0.2) is 33.6 Å². The molecule has 0 aliphatic rings. The molecule has 0 aliphatic heterocycles. The largest absolute Gasteiger partial charge is 0.443 e. The Morgan fingerprint density at radius 3 is 2.88 bits per heavy atom. The first-order chi connectivity index (χ1) is 7.83. The summed E-state index contributed by atoms with van der Waals surface area (Å²) in [7, 11) is 0. The fourth-order valence-corrected chi connectivity index (χ4v) is 2.92. The van der Waals surface area contributed by atoms with Crippen molar-refractivity contribution in [2.24, 2.45) is 0 Å². The van der Waals surface area contributed by atoms with E-state index < -0.39 is 0 Å². The van der Waals surface area contributed by atoms with Gasteiger partial charge in [-0.05, 0) is 23.7 Å². The highest BCUT2D eigenvalue weighted by molar-refractivity contribution is 7.20. The first kappa shape index (κ1) is 10.0. The molecule has 3 rings (SSSR count). The Morgan fingerprint density at radius 2 is 2.19 bits per heavy atom. The van der Waals surface area contributed by atoms with Crippen molar-refractivity contribution >= 4 is 34.3 Å². The fourth-order valence-electron chi connectivity index (χ4n) is 1.27. The fraction of sp³-hybridized carbons (Fsp3) is 0. The van der Waals surface area contributed by atoms with Gasteiger partial charge in [-0.3, -0.25) is 4.98 Å². The van der Waals surface area contributed by atoms with Gasteiger partial charge in [-0.2, -0.15) is 0 Å². The van der Waals surface area contributed by atoms with Gasteiger partial charge in [-0.15, -0.1) is 22.7 Å². The Hall–Kier alpha value is -1.17. The number of halogens is 1. The zero-order chi connectivity index (χ0) is 11.0. The zero-order valence-corrected chi connectivity index (χ0v) is 10.3. The van der Waals surface area contributed by atoms with E-state index in [1.807, 2.05) is 17.6 Å². The number of thiazole rings is 2. The molecule has 0 saturated carbocycles. The molecule has 0 saturated heterocycles. The summed E-state index contributed by atoms with van der Waals surface area (Å²) in [4.78, 5) is 9.56. The standard InChI is InChI=1S/C10H5ClN2OS2/c11-9-2-1-7(14-9)6-4-15-10(13-6)8-3-12-5-16-8/h1-5H. The molecular weight excluding hydrogens is 264 g/mol. The van der Waals surface area contributed by atoms with Crippen LogP contribution in [-0.2, 0) is 0 Å². The van der Waals surface area contributed by atoms with Crippen molar-refractivity contribution in [3.63, 3.8) is 0 Å². The lowest BCUT2D eigenvalue weighted by molar-refractivity contribution is 0.582. The van der Waals surface area contributed by atoms with E-state index in [0.29, 0.717) is 11.0 Å². The molecule has 3 aromatic heterocycles. The van der Waals surface area contributed by atoms with E-state index in [1.165, 1.54) is 0 Å². The second kappa shape index (κ2) is 4.01. The molecule has 16 heavy (non-hydrogen) atoms. The molecule has 0 aromatic carbocycles. The molecule has 6 heteroatoms. The van der Waals surface area contributed by atoms with Crippen LogP contribution in [0.4, 0.5) is 0 Å². The van der Waals surface area contributed by atoms with Crippen molar-refractivity contribution in [3.8, 4) is 21.3 Å². The molecule has 0 aliphatic carbocycles. The lowest BCUT2D eigenvalue weighted by atomic mass is 10.4. The molecule has 3 nitrogen and oxygen atoms in total. The third kappa shape index (κ3) is 1.77. The van der Waals surface area contributed by atoms with Gasteiger partial charge in [0.2, 0.25) is 0 Å². The van der Waals surface area contributed by atoms with Crippen LogP contribution >= 0.6 is 34.3 Å². The van der Waals surface area contributed by atoms with E-state index in [-0.39, 0.29) is 0 Å². The molecule has 80 valence electrons. The Kier molecular flexibility index (Phi) is 2.51. The molecule has 0 atom stereocenters. The van der Waals surface area contributed by atoms with E-state index in [2.05, 4.69) is 9.97 Å². The average Bonchev–Trinajstić information content (AvgIpc) is 2.97. The van der Waals surface area contributed by atoms with Crippen molar-refractivity contribution in [3.05, 3.63) is 34.4 Å². The van der Waals surface area contributed by atoms with Gasteiger partial charge in [0.15, 0.2) is 11.0 Å². The quantitative estimate of drug-likeness (QED) is 0.700. The number of rotatable bonds is 2. The zero-order valence-electron chi connectivity index (χ0n) is 7.88. The molecule has 0 amide bonds. The summed E-state index contributed by atoms with van der Waals surface area (Å²) >= 11 is 8.86. The highest BCUT2D eigenvalue weighted by Gasteiger charge is 2.10. The smallest absolute Gasteiger partial charge is 0.194 e. The Bertz CT molecular complexity index is 600. The van der Waals surface area contributed by atoms with E-state index in [0.717, 1.165) is 15.6 Å². The van der Waals surface area contributed by atoms with Crippen molar-refractivity contribution in [2.75, 3.05) is 0 Å². The van der Waals surface area contributed by atoms with Gasteiger partial charge in [0.1, 0.15) is 10.7 Å². The third-order valence-corrected chi connectivity index (χ3v) is 3.96. The number of furan rings is 1. The van der Waals surface area contributed by atoms with Gasteiger partial charge in [-0.1, -0.05) is 0 Å². The Balaban J connectivity index is 2.00. The van der Waals surface area contributed by atoms with E-state index in [4.69, 9.17) is 16.0 Å².